The second kappa shape index (κ2) is 8.77. The van der Waals surface area contributed by atoms with E-state index in [1.165, 1.54) is 0 Å². The van der Waals surface area contributed by atoms with Gasteiger partial charge in [-0.1, -0.05) is 30.7 Å². The standard InChI is InChI=1S/C17H24ClN3O2/c1-2-9-19-17(23)21-12-10-20(11-13-21)16(22)8-5-14-3-6-15(18)7-4-14/h3-4,6-7H,2,5,8-13H2,1H3,(H,19,23). The maximum absolute atomic E-state index is 12.3. The van der Waals surface area contributed by atoms with Gasteiger partial charge >= 0.3 is 6.03 Å². The maximum Gasteiger partial charge on any atom is 0.317 e. The highest BCUT2D eigenvalue weighted by molar-refractivity contribution is 6.30. The van der Waals surface area contributed by atoms with Gasteiger partial charge in [0.2, 0.25) is 5.91 Å². The van der Waals surface area contributed by atoms with E-state index in [1.54, 1.807) is 4.90 Å². The van der Waals surface area contributed by atoms with Gasteiger partial charge in [-0.25, -0.2) is 4.79 Å². The number of rotatable bonds is 5. The molecule has 126 valence electrons. The fourth-order valence-corrected chi connectivity index (χ4v) is 2.69. The van der Waals surface area contributed by atoms with Gasteiger partial charge in [0.25, 0.3) is 0 Å². The lowest BCUT2D eigenvalue weighted by Crippen LogP contribution is -2.53. The molecule has 0 bridgehead atoms. The van der Waals surface area contributed by atoms with E-state index >= 15 is 0 Å². The van der Waals surface area contributed by atoms with Gasteiger partial charge in [0.15, 0.2) is 0 Å². The summed E-state index contributed by atoms with van der Waals surface area (Å²) in [6, 6.07) is 7.56. The molecule has 1 aromatic carbocycles. The SMILES string of the molecule is CCCNC(=O)N1CCN(C(=O)CCc2ccc(Cl)cc2)CC1. The van der Waals surface area contributed by atoms with E-state index in [9.17, 15) is 9.59 Å². The Kier molecular flexibility index (Phi) is 6.71. The quantitative estimate of drug-likeness (QED) is 0.897. The highest BCUT2D eigenvalue weighted by Crippen LogP contribution is 2.12. The summed E-state index contributed by atoms with van der Waals surface area (Å²) in [5.41, 5.74) is 1.11. The minimum atomic E-state index is -0.0277. The molecule has 1 fully saturated rings. The van der Waals surface area contributed by atoms with Crippen molar-refractivity contribution in [2.45, 2.75) is 26.2 Å². The molecule has 1 N–H and O–H groups in total. The third-order valence-electron chi connectivity index (χ3n) is 3.99. The van der Waals surface area contributed by atoms with E-state index in [1.807, 2.05) is 36.1 Å². The average molecular weight is 338 g/mol. The van der Waals surface area contributed by atoms with Crippen molar-refractivity contribution >= 4 is 23.5 Å². The number of benzene rings is 1. The molecule has 6 heteroatoms. The van der Waals surface area contributed by atoms with Crippen LogP contribution >= 0.6 is 11.6 Å². The molecule has 1 saturated heterocycles. The number of carbonyl (C=O) groups excluding carboxylic acids is 2. The highest BCUT2D eigenvalue weighted by atomic mass is 35.5. The monoisotopic (exact) mass is 337 g/mol. The molecule has 0 atom stereocenters. The molecule has 0 saturated carbocycles. The molecule has 0 aliphatic carbocycles. The molecule has 0 aromatic heterocycles. The van der Waals surface area contributed by atoms with E-state index < -0.39 is 0 Å². The van der Waals surface area contributed by atoms with Crippen LogP contribution in [-0.4, -0.2) is 54.5 Å². The molecule has 1 aliphatic rings. The topological polar surface area (TPSA) is 52.7 Å². The molecule has 1 heterocycles. The number of carbonyl (C=O) groups is 2. The summed E-state index contributed by atoms with van der Waals surface area (Å²) in [7, 11) is 0. The molecular weight excluding hydrogens is 314 g/mol. The fourth-order valence-electron chi connectivity index (χ4n) is 2.56. The zero-order chi connectivity index (χ0) is 16.7. The van der Waals surface area contributed by atoms with E-state index in [4.69, 9.17) is 11.6 Å². The van der Waals surface area contributed by atoms with Crippen molar-refractivity contribution in [3.8, 4) is 0 Å². The lowest BCUT2D eigenvalue weighted by molar-refractivity contribution is -0.132. The van der Waals surface area contributed by atoms with Crippen LogP contribution in [0.25, 0.3) is 0 Å². The lowest BCUT2D eigenvalue weighted by Gasteiger charge is -2.34. The smallest absolute Gasteiger partial charge is 0.317 e. The van der Waals surface area contributed by atoms with Crippen molar-refractivity contribution in [2.75, 3.05) is 32.7 Å². The first-order valence-electron chi connectivity index (χ1n) is 8.15. The third kappa shape index (κ3) is 5.43. The first kappa shape index (κ1) is 17.6. The van der Waals surface area contributed by atoms with E-state index in [2.05, 4.69) is 5.32 Å². The van der Waals surface area contributed by atoms with Crippen molar-refractivity contribution in [2.24, 2.45) is 0 Å². The lowest BCUT2D eigenvalue weighted by atomic mass is 10.1. The molecule has 0 unspecified atom stereocenters. The van der Waals surface area contributed by atoms with Gasteiger partial charge < -0.3 is 15.1 Å². The van der Waals surface area contributed by atoms with Crippen LogP contribution in [-0.2, 0) is 11.2 Å². The number of nitrogens with zero attached hydrogens (tertiary/aromatic N) is 2. The van der Waals surface area contributed by atoms with Crippen LogP contribution in [0.2, 0.25) is 5.02 Å². The summed E-state index contributed by atoms with van der Waals surface area (Å²) in [4.78, 5) is 27.8. The van der Waals surface area contributed by atoms with Crippen LogP contribution in [0.1, 0.15) is 25.3 Å². The Balaban J connectivity index is 1.73. The van der Waals surface area contributed by atoms with Crippen LogP contribution in [0.4, 0.5) is 4.79 Å². The van der Waals surface area contributed by atoms with Crippen LogP contribution in [0.5, 0.6) is 0 Å². The summed E-state index contributed by atoms with van der Waals surface area (Å²) in [6.07, 6.45) is 2.13. The second-order valence-corrected chi connectivity index (χ2v) is 6.16. The summed E-state index contributed by atoms with van der Waals surface area (Å²) >= 11 is 5.85. The summed E-state index contributed by atoms with van der Waals surface area (Å²) in [5.74, 6) is 0.147. The number of nitrogens with one attached hydrogen (secondary N) is 1. The van der Waals surface area contributed by atoms with Crippen molar-refractivity contribution < 1.29 is 9.59 Å². The number of piperazine rings is 1. The van der Waals surface area contributed by atoms with Crippen LogP contribution < -0.4 is 5.32 Å². The molecular formula is C17H24ClN3O2. The molecule has 3 amide bonds. The molecule has 1 aromatic rings. The number of aryl methyl sites for hydroxylation is 1. The summed E-state index contributed by atoms with van der Waals surface area (Å²) in [5, 5.41) is 3.58. The van der Waals surface area contributed by atoms with Crippen molar-refractivity contribution in [1.82, 2.24) is 15.1 Å². The predicted octanol–water partition coefficient (Wildman–Crippen LogP) is 2.54. The van der Waals surface area contributed by atoms with Crippen LogP contribution in [0, 0.1) is 0 Å². The van der Waals surface area contributed by atoms with Crippen molar-refractivity contribution in [3.05, 3.63) is 34.9 Å². The molecule has 5 nitrogen and oxygen atoms in total. The van der Waals surface area contributed by atoms with Crippen LogP contribution in [0.15, 0.2) is 24.3 Å². The van der Waals surface area contributed by atoms with Crippen molar-refractivity contribution in [1.29, 1.82) is 0 Å². The molecule has 23 heavy (non-hydrogen) atoms. The normalized spacial score (nSPS) is 14.7. The zero-order valence-electron chi connectivity index (χ0n) is 13.6. The van der Waals surface area contributed by atoms with Gasteiger partial charge in [-0.15, -0.1) is 0 Å². The number of hydrogen-bond acceptors (Lipinski definition) is 2. The third-order valence-corrected chi connectivity index (χ3v) is 4.24. The Labute approximate surface area is 142 Å². The molecule has 2 rings (SSSR count). The largest absolute Gasteiger partial charge is 0.339 e. The molecule has 0 spiro atoms. The van der Waals surface area contributed by atoms with Gasteiger partial charge in [0, 0.05) is 44.2 Å². The van der Waals surface area contributed by atoms with E-state index in [0.29, 0.717) is 50.6 Å². The van der Waals surface area contributed by atoms with Gasteiger partial charge in [-0.2, -0.15) is 0 Å². The molecule has 1 aliphatic heterocycles. The minimum absolute atomic E-state index is 0.0277. The number of hydrogen-bond donors (Lipinski definition) is 1. The number of urea groups is 1. The first-order chi connectivity index (χ1) is 11.1. The number of halogens is 1. The Morgan fingerprint density at radius 1 is 1.09 bits per heavy atom. The maximum atomic E-state index is 12.3. The number of amides is 3. The fraction of sp³-hybridized carbons (Fsp3) is 0.529. The van der Waals surface area contributed by atoms with E-state index in [0.717, 1.165) is 12.0 Å². The van der Waals surface area contributed by atoms with E-state index in [-0.39, 0.29) is 11.9 Å². The second-order valence-electron chi connectivity index (χ2n) is 5.73. The van der Waals surface area contributed by atoms with Gasteiger partial charge in [-0.3, -0.25) is 4.79 Å². The Bertz CT molecular complexity index is 525. The van der Waals surface area contributed by atoms with Gasteiger partial charge in [-0.05, 0) is 30.5 Å². The van der Waals surface area contributed by atoms with Crippen molar-refractivity contribution in [3.63, 3.8) is 0 Å². The van der Waals surface area contributed by atoms with Crippen LogP contribution in [0.3, 0.4) is 0 Å². The highest BCUT2D eigenvalue weighted by Gasteiger charge is 2.23. The Morgan fingerprint density at radius 3 is 2.30 bits per heavy atom. The summed E-state index contributed by atoms with van der Waals surface area (Å²) < 4.78 is 0. The first-order valence-corrected chi connectivity index (χ1v) is 8.53. The van der Waals surface area contributed by atoms with Gasteiger partial charge in [0.1, 0.15) is 0 Å². The Morgan fingerprint density at radius 2 is 1.70 bits per heavy atom. The summed E-state index contributed by atoms with van der Waals surface area (Å²) in [6.45, 7) is 5.14. The average Bonchev–Trinajstić information content (AvgIpc) is 2.59. The minimum Gasteiger partial charge on any atom is -0.339 e. The predicted molar refractivity (Wildman–Crippen MR) is 91.6 cm³/mol. The van der Waals surface area contributed by atoms with Gasteiger partial charge in [0.05, 0.1) is 0 Å². The molecule has 0 radical (unpaired) electrons. The Hall–Kier alpha value is -1.75. The zero-order valence-corrected chi connectivity index (χ0v) is 14.3.